The zero-order valence-electron chi connectivity index (χ0n) is 7.26. The van der Waals surface area contributed by atoms with Gasteiger partial charge in [-0.05, 0) is 26.3 Å². The van der Waals surface area contributed by atoms with Crippen LogP contribution < -0.4 is 0 Å². The van der Waals surface area contributed by atoms with E-state index in [0.29, 0.717) is 12.0 Å². The molecule has 0 saturated carbocycles. The lowest BCUT2D eigenvalue weighted by atomic mass is 9.80. The highest BCUT2D eigenvalue weighted by atomic mass is 14.4. The SMILES string of the molecule is CC1=C(C#N)C=CC(C)(C#N)C1. The first kappa shape index (κ1) is 8.56. The van der Waals surface area contributed by atoms with E-state index in [4.69, 9.17) is 10.5 Å². The van der Waals surface area contributed by atoms with E-state index in [1.165, 1.54) is 0 Å². The largest absolute Gasteiger partial charge is 0.197 e. The van der Waals surface area contributed by atoms with Crippen LogP contribution in [0.2, 0.25) is 0 Å². The molecule has 0 amide bonds. The monoisotopic (exact) mass is 158 g/mol. The zero-order chi connectivity index (χ0) is 9.19. The van der Waals surface area contributed by atoms with Crippen molar-refractivity contribution in [1.29, 1.82) is 10.5 Å². The van der Waals surface area contributed by atoms with Crippen LogP contribution in [0.25, 0.3) is 0 Å². The summed E-state index contributed by atoms with van der Waals surface area (Å²) in [6.07, 6.45) is 4.21. The topological polar surface area (TPSA) is 47.6 Å². The number of hydrogen-bond donors (Lipinski definition) is 0. The quantitative estimate of drug-likeness (QED) is 0.543. The Morgan fingerprint density at radius 1 is 1.50 bits per heavy atom. The van der Waals surface area contributed by atoms with Gasteiger partial charge in [0.05, 0.1) is 23.1 Å². The third kappa shape index (κ3) is 1.38. The van der Waals surface area contributed by atoms with Gasteiger partial charge in [-0.25, -0.2) is 0 Å². The van der Waals surface area contributed by atoms with Gasteiger partial charge in [-0.2, -0.15) is 10.5 Å². The minimum atomic E-state index is -0.412. The third-order valence-corrected chi connectivity index (χ3v) is 2.09. The van der Waals surface area contributed by atoms with Crippen LogP contribution in [0.4, 0.5) is 0 Å². The Bertz CT molecular complexity index is 336. The summed E-state index contributed by atoms with van der Waals surface area (Å²) in [7, 11) is 0. The fraction of sp³-hybridized carbons (Fsp3) is 0.400. The Kier molecular flexibility index (Phi) is 2.02. The van der Waals surface area contributed by atoms with Gasteiger partial charge in [-0.1, -0.05) is 11.6 Å². The second-order valence-corrected chi connectivity index (χ2v) is 3.35. The van der Waals surface area contributed by atoms with E-state index in [1.54, 1.807) is 12.2 Å². The van der Waals surface area contributed by atoms with Crippen molar-refractivity contribution < 1.29 is 0 Å². The lowest BCUT2D eigenvalue weighted by molar-refractivity contribution is 0.552. The van der Waals surface area contributed by atoms with Gasteiger partial charge in [0.25, 0.3) is 0 Å². The van der Waals surface area contributed by atoms with Gasteiger partial charge < -0.3 is 0 Å². The van der Waals surface area contributed by atoms with Gasteiger partial charge in [0.1, 0.15) is 0 Å². The molecule has 0 aromatic rings. The van der Waals surface area contributed by atoms with Crippen LogP contribution in [0.3, 0.4) is 0 Å². The Hall–Kier alpha value is -1.54. The molecule has 12 heavy (non-hydrogen) atoms. The third-order valence-electron chi connectivity index (χ3n) is 2.09. The van der Waals surface area contributed by atoms with Crippen LogP contribution in [-0.2, 0) is 0 Å². The maximum absolute atomic E-state index is 8.82. The van der Waals surface area contributed by atoms with Crippen LogP contribution in [0.1, 0.15) is 20.3 Å². The van der Waals surface area contributed by atoms with E-state index in [-0.39, 0.29) is 0 Å². The fourth-order valence-corrected chi connectivity index (χ4v) is 1.32. The Labute approximate surface area is 72.4 Å². The fourth-order valence-electron chi connectivity index (χ4n) is 1.32. The van der Waals surface area contributed by atoms with E-state index < -0.39 is 5.41 Å². The van der Waals surface area contributed by atoms with Crippen LogP contribution in [0.15, 0.2) is 23.3 Å². The normalized spacial score (nSPS) is 28.0. The molecule has 1 rings (SSSR count). The predicted octanol–water partition coefficient (Wildman–Crippen LogP) is 2.32. The molecule has 0 heterocycles. The van der Waals surface area contributed by atoms with Gasteiger partial charge in [0.2, 0.25) is 0 Å². The van der Waals surface area contributed by atoms with E-state index >= 15 is 0 Å². The van der Waals surface area contributed by atoms with Gasteiger partial charge in [-0.15, -0.1) is 0 Å². The van der Waals surface area contributed by atoms with Gasteiger partial charge in [0.15, 0.2) is 0 Å². The van der Waals surface area contributed by atoms with Crippen LogP contribution in [0.5, 0.6) is 0 Å². The molecule has 0 radical (unpaired) electrons. The van der Waals surface area contributed by atoms with Gasteiger partial charge >= 0.3 is 0 Å². The molecule has 1 unspecified atom stereocenters. The Morgan fingerprint density at radius 3 is 2.58 bits per heavy atom. The number of allylic oxidation sites excluding steroid dienone is 4. The second-order valence-electron chi connectivity index (χ2n) is 3.35. The van der Waals surface area contributed by atoms with E-state index in [0.717, 1.165) is 5.57 Å². The summed E-state index contributed by atoms with van der Waals surface area (Å²) in [6, 6.07) is 4.32. The van der Waals surface area contributed by atoms with Crippen LogP contribution in [-0.4, -0.2) is 0 Å². The molecule has 60 valence electrons. The molecule has 0 aliphatic heterocycles. The first-order chi connectivity index (χ1) is 5.61. The highest BCUT2D eigenvalue weighted by Crippen LogP contribution is 2.32. The van der Waals surface area contributed by atoms with E-state index in [1.807, 2.05) is 13.8 Å². The highest BCUT2D eigenvalue weighted by Gasteiger charge is 2.24. The summed E-state index contributed by atoms with van der Waals surface area (Å²) in [5.41, 5.74) is 1.29. The Balaban J connectivity index is 3.00. The molecular weight excluding hydrogens is 148 g/mol. The maximum atomic E-state index is 8.82. The average Bonchev–Trinajstić information content (AvgIpc) is 2.05. The summed E-state index contributed by atoms with van der Waals surface area (Å²) < 4.78 is 0. The average molecular weight is 158 g/mol. The summed E-state index contributed by atoms with van der Waals surface area (Å²) in [6.45, 7) is 3.78. The van der Waals surface area contributed by atoms with Crippen molar-refractivity contribution in [3.8, 4) is 12.1 Å². The van der Waals surface area contributed by atoms with Crippen molar-refractivity contribution in [2.24, 2.45) is 5.41 Å². The molecule has 2 nitrogen and oxygen atoms in total. The standard InChI is InChI=1S/C10H10N2/c1-8-5-10(2,7-12)4-3-9(8)6-11/h3-4H,5H2,1-2H3. The predicted molar refractivity (Wildman–Crippen MR) is 45.8 cm³/mol. The molecule has 0 aromatic heterocycles. The first-order valence-corrected chi connectivity index (χ1v) is 3.82. The molecule has 1 aliphatic rings. The maximum Gasteiger partial charge on any atom is 0.0990 e. The highest BCUT2D eigenvalue weighted by molar-refractivity contribution is 5.43. The number of rotatable bonds is 0. The van der Waals surface area contributed by atoms with Crippen LogP contribution >= 0.6 is 0 Å². The van der Waals surface area contributed by atoms with Crippen molar-refractivity contribution in [3.05, 3.63) is 23.3 Å². The smallest absolute Gasteiger partial charge is 0.0990 e. The molecule has 0 fully saturated rings. The molecule has 2 heteroatoms. The van der Waals surface area contributed by atoms with Crippen molar-refractivity contribution in [2.45, 2.75) is 20.3 Å². The molecule has 1 atom stereocenters. The van der Waals surface area contributed by atoms with Crippen molar-refractivity contribution in [2.75, 3.05) is 0 Å². The van der Waals surface area contributed by atoms with E-state index in [2.05, 4.69) is 12.1 Å². The molecule has 0 spiro atoms. The molecule has 0 N–H and O–H groups in total. The van der Waals surface area contributed by atoms with Crippen molar-refractivity contribution in [3.63, 3.8) is 0 Å². The summed E-state index contributed by atoms with van der Waals surface area (Å²) in [5, 5.41) is 17.5. The lowest BCUT2D eigenvalue weighted by Gasteiger charge is -2.21. The van der Waals surface area contributed by atoms with Gasteiger partial charge in [0, 0.05) is 0 Å². The summed E-state index contributed by atoms with van der Waals surface area (Å²) in [4.78, 5) is 0. The minimum absolute atomic E-state index is 0.412. The van der Waals surface area contributed by atoms with Gasteiger partial charge in [-0.3, -0.25) is 0 Å². The number of hydrogen-bond acceptors (Lipinski definition) is 2. The molecular formula is C10H10N2. The summed E-state index contributed by atoms with van der Waals surface area (Å²) >= 11 is 0. The van der Waals surface area contributed by atoms with Crippen molar-refractivity contribution >= 4 is 0 Å². The number of nitrogens with zero attached hydrogens (tertiary/aromatic N) is 2. The lowest BCUT2D eigenvalue weighted by Crippen LogP contribution is -2.14. The molecule has 0 aromatic carbocycles. The second kappa shape index (κ2) is 2.83. The first-order valence-electron chi connectivity index (χ1n) is 3.82. The molecule has 1 aliphatic carbocycles. The Morgan fingerprint density at radius 2 is 2.17 bits per heavy atom. The summed E-state index contributed by atoms with van der Waals surface area (Å²) in [5.74, 6) is 0. The van der Waals surface area contributed by atoms with E-state index in [9.17, 15) is 0 Å². The zero-order valence-corrected chi connectivity index (χ0v) is 7.26. The minimum Gasteiger partial charge on any atom is -0.197 e. The van der Waals surface area contributed by atoms with Crippen LogP contribution in [0, 0.1) is 28.1 Å². The number of nitriles is 2. The molecule has 0 saturated heterocycles. The van der Waals surface area contributed by atoms with Crippen molar-refractivity contribution in [1.82, 2.24) is 0 Å². The molecule has 0 bridgehead atoms.